The maximum Gasteiger partial charge on any atom is 0.155 e. The van der Waals surface area contributed by atoms with Gasteiger partial charge < -0.3 is 5.73 Å². The molecule has 2 unspecified atom stereocenters. The van der Waals surface area contributed by atoms with Crippen LogP contribution in [0.15, 0.2) is 24.3 Å². The van der Waals surface area contributed by atoms with Crippen molar-refractivity contribution in [3.05, 3.63) is 35.4 Å². The van der Waals surface area contributed by atoms with E-state index in [2.05, 4.69) is 26.0 Å². The summed E-state index contributed by atoms with van der Waals surface area (Å²) in [4.78, 5) is 0. The Morgan fingerprint density at radius 2 is 1.85 bits per heavy atom. The predicted molar refractivity (Wildman–Crippen MR) is 83.3 cm³/mol. The molecule has 0 saturated carbocycles. The first-order chi connectivity index (χ1) is 9.40. The SMILES string of the molecule is CC(C)Cc1ccc(C(N)C2CCCCS2(=O)=O)cc1. The van der Waals surface area contributed by atoms with Crippen molar-refractivity contribution in [2.75, 3.05) is 5.75 Å². The van der Waals surface area contributed by atoms with Crippen molar-refractivity contribution in [3.63, 3.8) is 0 Å². The highest BCUT2D eigenvalue weighted by Crippen LogP contribution is 2.29. The van der Waals surface area contributed by atoms with E-state index in [1.807, 2.05) is 12.1 Å². The third kappa shape index (κ3) is 3.61. The van der Waals surface area contributed by atoms with Gasteiger partial charge in [-0.1, -0.05) is 44.5 Å². The summed E-state index contributed by atoms with van der Waals surface area (Å²) >= 11 is 0. The third-order valence-electron chi connectivity index (χ3n) is 4.04. The molecule has 1 aliphatic heterocycles. The van der Waals surface area contributed by atoms with Crippen LogP contribution in [0.4, 0.5) is 0 Å². The first-order valence-electron chi connectivity index (χ1n) is 7.46. The van der Waals surface area contributed by atoms with Crippen LogP contribution in [0.3, 0.4) is 0 Å². The molecule has 0 aromatic heterocycles. The van der Waals surface area contributed by atoms with E-state index in [-0.39, 0.29) is 5.75 Å². The fourth-order valence-corrected chi connectivity index (χ4v) is 4.98. The number of rotatable bonds is 4. The Bertz CT molecular complexity index is 534. The van der Waals surface area contributed by atoms with Crippen LogP contribution in [0.25, 0.3) is 0 Å². The van der Waals surface area contributed by atoms with Gasteiger partial charge in [-0.3, -0.25) is 0 Å². The quantitative estimate of drug-likeness (QED) is 0.929. The van der Waals surface area contributed by atoms with Crippen LogP contribution >= 0.6 is 0 Å². The van der Waals surface area contributed by atoms with Gasteiger partial charge in [-0.15, -0.1) is 0 Å². The molecule has 2 N–H and O–H groups in total. The van der Waals surface area contributed by atoms with Crippen LogP contribution in [0.2, 0.25) is 0 Å². The minimum atomic E-state index is -3.03. The van der Waals surface area contributed by atoms with Gasteiger partial charge in [-0.2, -0.15) is 0 Å². The van der Waals surface area contributed by atoms with Crippen LogP contribution in [0, 0.1) is 5.92 Å². The van der Waals surface area contributed by atoms with Gasteiger partial charge in [-0.05, 0) is 36.3 Å². The molecule has 1 heterocycles. The standard InChI is InChI=1S/C16H25NO2S/c1-12(2)11-13-6-8-14(9-7-13)16(17)15-5-3-4-10-20(15,18)19/h6-9,12,15-16H,3-5,10-11,17H2,1-2H3. The van der Waals surface area contributed by atoms with Crippen LogP contribution in [-0.4, -0.2) is 19.4 Å². The smallest absolute Gasteiger partial charge is 0.155 e. The van der Waals surface area contributed by atoms with Crippen molar-refractivity contribution in [2.24, 2.45) is 11.7 Å². The van der Waals surface area contributed by atoms with Crippen molar-refractivity contribution in [1.82, 2.24) is 0 Å². The Balaban J connectivity index is 2.14. The minimum Gasteiger partial charge on any atom is -0.323 e. The van der Waals surface area contributed by atoms with Crippen molar-refractivity contribution >= 4 is 9.84 Å². The molecule has 0 bridgehead atoms. The fraction of sp³-hybridized carbons (Fsp3) is 0.625. The highest BCUT2D eigenvalue weighted by atomic mass is 32.2. The first-order valence-corrected chi connectivity index (χ1v) is 9.17. The molecule has 20 heavy (non-hydrogen) atoms. The fourth-order valence-electron chi connectivity index (χ4n) is 2.94. The van der Waals surface area contributed by atoms with Crippen molar-refractivity contribution in [2.45, 2.75) is 50.8 Å². The van der Waals surface area contributed by atoms with Gasteiger partial charge in [0.25, 0.3) is 0 Å². The molecule has 0 radical (unpaired) electrons. The van der Waals surface area contributed by atoms with Gasteiger partial charge in [0.15, 0.2) is 9.84 Å². The van der Waals surface area contributed by atoms with Gasteiger partial charge in [0.1, 0.15) is 0 Å². The van der Waals surface area contributed by atoms with Crippen molar-refractivity contribution < 1.29 is 8.42 Å². The van der Waals surface area contributed by atoms with E-state index in [1.54, 1.807) is 0 Å². The third-order valence-corrected chi connectivity index (χ3v) is 6.35. The lowest BCUT2D eigenvalue weighted by Gasteiger charge is -2.27. The van der Waals surface area contributed by atoms with Crippen LogP contribution in [0.1, 0.15) is 50.3 Å². The summed E-state index contributed by atoms with van der Waals surface area (Å²) in [5.74, 6) is 0.907. The number of nitrogens with two attached hydrogens (primary N) is 1. The van der Waals surface area contributed by atoms with Crippen molar-refractivity contribution in [1.29, 1.82) is 0 Å². The van der Waals surface area contributed by atoms with Crippen LogP contribution in [0.5, 0.6) is 0 Å². The highest BCUT2D eigenvalue weighted by molar-refractivity contribution is 7.92. The summed E-state index contributed by atoms with van der Waals surface area (Å²) in [6.45, 7) is 4.38. The summed E-state index contributed by atoms with van der Waals surface area (Å²) in [5.41, 5.74) is 8.44. The number of hydrogen-bond acceptors (Lipinski definition) is 3. The molecule has 0 aliphatic carbocycles. The van der Waals surface area contributed by atoms with Crippen LogP contribution in [-0.2, 0) is 16.3 Å². The van der Waals surface area contributed by atoms with Gasteiger partial charge in [0, 0.05) is 6.04 Å². The van der Waals surface area contributed by atoms with Crippen molar-refractivity contribution in [3.8, 4) is 0 Å². The van der Waals surface area contributed by atoms with Gasteiger partial charge in [0.05, 0.1) is 11.0 Å². The summed E-state index contributed by atoms with van der Waals surface area (Å²) < 4.78 is 24.3. The second-order valence-electron chi connectivity index (χ2n) is 6.27. The first kappa shape index (κ1) is 15.5. The van der Waals surface area contributed by atoms with E-state index in [0.29, 0.717) is 12.3 Å². The van der Waals surface area contributed by atoms with E-state index in [0.717, 1.165) is 24.8 Å². The molecule has 2 atom stereocenters. The van der Waals surface area contributed by atoms with Gasteiger partial charge >= 0.3 is 0 Å². The molecule has 1 saturated heterocycles. The highest BCUT2D eigenvalue weighted by Gasteiger charge is 2.34. The molecule has 1 aromatic rings. The molecular formula is C16H25NO2S. The molecule has 0 spiro atoms. The molecule has 1 fully saturated rings. The zero-order valence-corrected chi connectivity index (χ0v) is 13.2. The number of sulfone groups is 1. The predicted octanol–water partition coefficient (Wildman–Crippen LogP) is 2.85. The summed E-state index contributed by atoms with van der Waals surface area (Å²) in [5, 5.41) is -0.410. The monoisotopic (exact) mass is 295 g/mol. The Hall–Kier alpha value is -0.870. The maximum absolute atomic E-state index is 12.1. The lowest BCUT2D eigenvalue weighted by atomic mass is 9.97. The number of benzene rings is 1. The van der Waals surface area contributed by atoms with E-state index in [4.69, 9.17) is 5.73 Å². The van der Waals surface area contributed by atoms with Gasteiger partial charge in [0.2, 0.25) is 0 Å². The zero-order valence-electron chi connectivity index (χ0n) is 12.4. The summed E-state index contributed by atoms with van der Waals surface area (Å²) in [6, 6.07) is 7.74. The van der Waals surface area contributed by atoms with E-state index in [1.165, 1.54) is 5.56 Å². The summed E-state index contributed by atoms with van der Waals surface area (Å²) in [7, 11) is -3.03. The lowest BCUT2D eigenvalue weighted by Crippen LogP contribution is -2.37. The molecule has 4 heteroatoms. The van der Waals surface area contributed by atoms with E-state index in [9.17, 15) is 8.42 Å². The average molecular weight is 295 g/mol. The Labute approximate surface area is 122 Å². The Kier molecular flexibility index (Phi) is 4.86. The normalized spacial score (nSPS) is 23.7. The van der Waals surface area contributed by atoms with E-state index < -0.39 is 21.1 Å². The second kappa shape index (κ2) is 6.27. The van der Waals surface area contributed by atoms with E-state index >= 15 is 0 Å². The largest absolute Gasteiger partial charge is 0.323 e. The molecule has 0 amide bonds. The van der Waals surface area contributed by atoms with Crippen LogP contribution < -0.4 is 5.73 Å². The molecule has 1 aliphatic rings. The lowest BCUT2D eigenvalue weighted by molar-refractivity contribution is 0.504. The Morgan fingerprint density at radius 3 is 2.40 bits per heavy atom. The molecule has 2 rings (SSSR count). The molecule has 3 nitrogen and oxygen atoms in total. The maximum atomic E-state index is 12.1. The number of hydrogen-bond donors (Lipinski definition) is 1. The zero-order chi connectivity index (χ0) is 14.8. The molecule has 1 aromatic carbocycles. The molecule has 112 valence electrons. The summed E-state index contributed by atoms with van der Waals surface area (Å²) in [6.07, 6.45) is 3.47. The molecular weight excluding hydrogens is 270 g/mol. The second-order valence-corrected chi connectivity index (χ2v) is 8.61. The topological polar surface area (TPSA) is 60.2 Å². The Morgan fingerprint density at radius 1 is 1.20 bits per heavy atom. The minimum absolute atomic E-state index is 0.288. The van der Waals surface area contributed by atoms with Gasteiger partial charge in [-0.25, -0.2) is 8.42 Å². The average Bonchev–Trinajstić information content (AvgIpc) is 2.37.